The predicted octanol–water partition coefficient (Wildman–Crippen LogP) is 24.0. The van der Waals surface area contributed by atoms with E-state index in [1.807, 2.05) is 18.2 Å². The first kappa shape index (κ1) is 101. The van der Waals surface area contributed by atoms with E-state index >= 15 is 0 Å². The Morgan fingerprint density at radius 2 is 0.528 bits per heavy atom. The second-order valence-electron chi connectivity index (χ2n) is 26.6. The maximum absolute atomic E-state index is 13.1. The maximum atomic E-state index is 13.1. The summed E-state index contributed by atoms with van der Waals surface area (Å²) in [7, 11) is -10.0. The molecule has 0 spiro atoms. The number of aliphatic hydroxyl groups is 1. The molecule has 0 aromatic carbocycles. The van der Waals surface area contributed by atoms with E-state index in [1.165, 1.54) is 64.2 Å². The fraction of sp³-hybridized carbons (Fsp3) is 0.655. The van der Waals surface area contributed by atoms with Crippen LogP contribution in [0, 0.1) is 0 Å². The van der Waals surface area contributed by atoms with Crippen molar-refractivity contribution in [2.75, 3.05) is 39.6 Å². The predicted molar refractivity (Wildman–Crippen MR) is 436 cm³/mol. The molecule has 0 rings (SSSR count). The lowest BCUT2D eigenvalue weighted by atomic mass is 10.0. The highest BCUT2D eigenvalue weighted by atomic mass is 31.2. The Hall–Kier alpha value is -5.32. The van der Waals surface area contributed by atoms with Crippen LogP contribution < -0.4 is 0 Å². The number of hydrogen-bond donors (Lipinski definition) is 3. The van der Waals surface area contributed by atoms with E-state index < -0.39 is 97.5 Å². The molecule has 0 aromatic rings. The zero-order valence-corrected chi connectivity index (χ0v) is 67.8. The number of unbranched alkanes of at least 4 members (excludes halogenated alkanes) is 24. The molecule has 106 heavy (non-hydrogen) atoms. The van der Waals surface area contributed by atoms with E-state index in [0.29, 0.717) is 25.7 Å². The molecule has 0 aliphatic rings. The topological polar surface area (TPSA) is 237 Å². The molecule has 0 bridgehead atoms. The van der Waals surface area contributed by atoms with Gasteiger partial charge in [-0.25, -0.2) is 9.13 Å². The van der Waals surface area contributed by atoms with Gasteiger partial charge >= 0.3 is 39.5 Å². The summed E-state index contributed by atoms with van der Waals surface area (Å²) in [6.07, 6.45) is 91.0. The molecule has 0 saturated carbocycles. The lowest BCUT2D eigenvalue weighted by Gasteiger charge is -2.21. The Bertz CT molecular complexity index is 2630. The van der Waals surface area contributed by atoms with E-state index in [1.54, 1.807) is 6.08 Å². The van der Waals surface area contributed by atoms with Gasteiger partial charge in [0.2, 0.25) is 0 Å². The minimum Gasteiger partial charge on any atom is -0.462 e. The molecule has 0 aliphatic heterocycles. The van der Waals surface area contributed by atoms with Crippen molar-refractivity contribution in [3.8, 4) is 0 Å². The number of allylic oxidation sites excluding steroid dienone is 25. The van der Waals surface area contributed by atoms with Gasteiger partial charge in [-0.15, -0.1) is 0 Å². The van der Waals surface area contributed by atoms with Crippen LogP contribution in [0.15, 0.2) is 158 Å². The van der Waals surface area contributed by atoms with E-state index in [-0.39, 0.29) is 25.7 Å². The molecular weight excluding hydrogens is 1380 g/mol. The van der Waals surface area contributed by atoms with Crippen LogP contribution in [0.5, 0.6) is 0 Å². The second-order valence-corrected chi connectivity index (χ2v) is 29.5. The van der Waals surface area contributed by atoms with Gasteiger partial charge in [-0.3, -0.25) is 37.3 Å². The van der Waals surface area contributed by atoms with Crippen LogP contribution in [-0.4, -0.2) is 96.7 Å². The van der Waals surface area contributed by atoms with Gasteiger partial charge in [0.25, 0.3) is 0 Å². The number of phosphoric acid groups is 2. The summed E-state index contributed by atoms with van der Waals surface area (Å²) in [6.45, 7) is 4.39. The van der Waals surface area contributed by atoms with E-state index in [9.17, 15) is 43.2 Å². The lowest BCUT2D eigenvalue weighted by molar-refractivity contribution is -0.161. The van der Waals surface area contributed by atoms with Crippen molar-refractivity contribution in [2.45, 2.75) is 329 Å². The normalized spacial score (nSPS) is 14.7. The first-order valence-corrected chi connectivity index (χ1v) is 43.7. The van der Waals surface area contributed by atoms with Crippen molar-refractivity contribution < 1.29 is 80.2 Å². The highest BCUT2D eigenvalue weighted by Crippen LogP contribution is 2.45. The first-order chi connectivity index (χ1) is 51.7. The SMILES string of the molecule is CC/C=C\C/C=C\C/C=C\C/C=C\C/C=C\CC(=O)OCC(COP(=O)(O)OCC(O)COP(=O)(O)OCC(COC(=O)CCCCCCCC/C=C\C/C=C\C/C=C\C/C=C\CC)OC(=O)CCCCCC/C=C\C/C=C\C/C=C\C/C=C\CC)OC(=O)CCCCCCCCCCCCCCCCC. The minimum atomic E-state index is -5.00. The van der Waals surface area contributed by atoms with Gasteiger partial charge in [0.1, 0.15) is 19.3 Å². The first-order valence-electron chi connectivity index (χ1n) is 40.7. The van der Waals surface area contributed by atoms with Crippen LogP contribution in [0.3, 0.4) is 0 Å². The summed E-state index contributed by atoms with van der Waals surface area (Å²) < 4.78 is 68.5. The number of carbonyl (C=O) groups is 4. The average molecular weight is 1520 g/mol. The molecule has 0 saturated heterocycles. The standard InChI is InChI=1S/C87H144O17P2/c1-5-9-13-17-21-25-29-33-37-39-40-42-45-48-52-56-60-64-68-72-85(90)98-78-83(104-87(92)74-70-66-62-58-54-50-46-41-38-34-30-26-22-18-14-10-6-2)80-102-106(95,96)100-76-81(88)75-99-105(93,94)101-79-82(103-86(91)73-69-65-61-57-53-49-44-36-32-28-24-20-16-12-8-4)77-97-84(89)71-67-63-59-55-51-47-43-35-31-27-23-19-15-11-7-3/h9-11,13-15,21-23,25-27,33-35,37-38,40,42-43,46,50-51,55,63,67,81-83,88H,5-8,12,16-20,24,28-32,36,39,41,44-45,47-49,52-54,56-62,64-66,68-80H2,1-4H3,(H,93,94)(H,95,96)/b13-9-,14-10-,15-11-,25-21-,26-22-,27-23-,37-33-,38-34-,42-40-,43-35-,50-46-,55-51-,67-63-. The van der Waals surface area contributed by atoms with Crippen molar-refractivity contribution in [2.24, 2.45) is 0 Å². The van der Waals surface area contributed by atoms with Gasteiger partial charge in [0.15, 0.2) is 12.2 Å². The van der Waals surface area contributed by atoms with Crippen LogP contribution in [0.4, 0.5) is 0 Å². The van der Waals surface area contributed by atoms with Gasteiger partial charge in [-0.2, -0.15) is 0 Å². The zero-order valence-electron chi connectivity index (χ0n) is 66.1. The molecule has 5 unspecified atom stereocenters. The molecule has 19 heteroatoms. The lowest BCUT2D eigenvalue weighted by Crippen LogP contribution is -2.30. The number of esters is 4. The van der Waals surface area contributed by atoms with Crippen molar-refractivity contribution in [1.29, 1.82) is 0 Å². The number of hydrogen-bond acceptors (Lipinski definition) is 15. The third-order valence-electron chi connectivity index (χ3n) is 16.5. The third kappa shape index (κ3) is 76.9. The fourth-order valence-corrected chi connectivity index (χ4v) is 12.0. The van der Waals surface area contributed by atoms with Gasteiger partial charge in [-0.05, 0) is 128 Å². The number of rotatable bonds is 75. The molecule has 5 atom stereocenters. The van der Waals surface area contributed by atoms with Crippen molar-refractivity contribution in [1.82, 2.24) is 0 Å². The molecule has 0 amide bonds. The molecule has 0 aromatic heterocycles. The molecule has 604 valence electrons. The van der Waals surface area contributed by atoms with Crippen molar-refractivity contribution in [3.05, 3.63) is 158 Å². The zero-order chi connectivity index (χ0) is 77.4. The molecule has 0 fully saturated rings. The summed E-state index contributed by atoms with van der Waals surface area (Å²) in [5.74, 6) is -2.36. The van der Waals surface area contributed by atoms with Crippen LogP contribution in [0.1, 0.15) is 310 Å². The third-order valence-corrected chi connectivity index (χ3v) is 18.4. The highest BCUT2D eigenvalue weighted by molar-refractivity contribution is 7.47. The fourth-order valence-electron chi connectivity index (χ4n) is 10.5. The Labute approximate surface area is 642 Å². The average Bonchev–Trinajstić information content (AvgIpc) is 0.899. The number of phosphoric ester groups is 2. The highest BCUT2D eigenvalue weighted by Gasteiger charge is 2.30. The number of ether oxygens (including phenoxy) is 4. The molecule has 0 heterocycles. The molecular formula is C87H144O17P2. The summed E-state index contributed by atoms with van der Waals surface area (Å²) >= 11 is 0. The number of aliphatic hydroxyl groups excluding tert-OH is 1. The van der Waals surface area contributed by atoms with E-state index in [2.05, 4.69) is 161 Å². The summed E-state index contributed by atoms with van der Waals surface area (Å²) in [5, 5.41) is 10.7. The van der Waals surface area contributed by atoms with Gasteiger partial charge in [0.05, 0.1) is 32.8 Å². The van der Waals surface area contributed by atoms with Crippen LogP contribution in [0.25, 0.3) is 0 Å². The Balaban J connectivity index is 5.46. The molecule has 0 radical (unpaired) electrons. The Kier molecular flexibility index (Phi) is 73.9. The van der Waals surface area contributed by atoms with Crippen molar-refractivity contribution in [3.63, 3.8) is 0 Å². The smallest absolute Gasteiger partial charge is 0.462 e. The molecule has 0 aliphatic carbocycles. The van der Waals surface area contributed by atoms with Crippen LogP contribution >= 0.6 is 15.6 Å². The number of carbonyl (C=O) groups excluding carboxylic acids is 4. The van der Waals surface area contributed by atoms with Crippen LogP contribution in [-0.2, 0) is 65.4 Å². The minimum absolute atomic E-state index is 0.0566. The van der Waals surface area contributed by atoms with Gasteiger partial charge in [-0.1, -0.05) is 314 Å². The van der Waals surface area contributed by atoms with E-state index in [0.717, 1.165) is 167 Å². The summed E-state index contributed by atoms with van der Waals surface area (Å²) in [6, 6.07) is 0. The van der Waals surface area contributed by atoms with Gasteiger partial charge in [0, 0.05) is 19.3 Å². The molecule has 17 nitrogen and oxygen atoms in total. The maximum Gasteiger partial charge on any atom is 0.472 e. The van der Waals surface area contributed by atoms with Crippen LogP contribution in [0.2, 0.25) is 0 Å². The van der Waals surface area contributed by atoms with Crippen molar-refractivity contribution >= 4 is 39.5 Å². The van der Waals surface area contributed by atoms with Gasteiger partial charge < -0.3 is 33.8 Å². The molecule has 3 N–H and O–H groups in total. The summed E-state index contributed by atoms with van der Waals surface area (Å²) in [4.78, 5) is 73.1. The quantitative estimate of drug-likeness (QED) is 0.0169. The Morgan fingerprint density at radius 1 is 0.283 bits per heavy atom. The largest absolute Gasteiger partial charge is 0.472 e. The second kappa shape index (κ2) is 77.8. The summed E-state index contributed by atoms with van der Waals surface area (Å²) in [5.41, 5.74) is 0. The Morgan fingerprint density at radius 3 is 0.840 bits per heavy atom. The van der Waals surface area contributed by atoms with E-state index in [4.69, 9.17) is 37.0 Å². The monoisotopic (exact) mass is 1520 g/mol.